The summed E-state index contributed by atoms with van der Waals surface area (Å²) >= 11 is 3.32. The van der Waals surface area contributed by atoms with E-state index >= 15 is 0 Å². The molecule has 0 amide bonds. The van der Waals surface area contributed by atoms with Crippen molar-refractivity contribution in [2.75, 3.05) is 0 Å². The Morgan fingerprint density at radius 2 is 1.90 bits per heavy atom. The molecule has 21 heavy (non-hydrogen) atoms. The first-order chi connectivity index (χ1) is 10.0. The molecule has 1 heterocycles. The molecule has 0 spiro atoms. The molecule has 0 bridgehead atoms. The molecule has 0 aliphatic rings. The summed E-state index contributed by atoms with van der Waals surface area (Å²) in [6, 6.07) is 12.0. The van der Waals surface area contributed by atoms with E-state index in [2.05, 4.69) is 15.9 Å². The first-order valence-corrected chi connectivity index (χ1v) is 7.89. The average Bonchev–Trinajstić information content (AvgIpc) is 2.46. The van der Waals surface area contributed by atoms with Gasteiger partial charge in [0.15, 0.2) is 0 Å². The van der Waals surface area contributed by atoms with Gasteiger partial charge in [0.25, 0.3) is 0 Å². The molecule has 0 N–H and O–H groups in total. The van der Waals surface area contributed by atoms with Crippen LogP contribution in [-0.4, -0.2) is 4.21 Å². The Morgan fingerprint density at radius 1 is 1.10 bits per heavy atom. The van der Waals surface area contributed by atoms with Crippen LogP contribution in [-0.2, 0) is 10.8 Å². The molecule has 6 heteroatoms. The predicted octanol–water partition coefficient (Wildman–Crippen LogP) is 3.86. The first-order valence-electron chi connectivity index (χ1n) is 5.95. The van der Waals surface area contributed by atoms with Gasteiger partial charge in [0.2, 0.25) is 0 Å². The van der Waals surface area contributed by atoms with E-state index in [1.54, 1.807) is 18.2 Å². The summed E-state index contributed by atoms with van der Waals surface area (Å²) < 4.78 is 31.6. The zero-order valence-corrected chi connectivity index (χ0v) is 12.9. The van der Waals surface area contributed by atoms with Crippen molar-refractivity contribution < 1.29 is 13.0 Å². The van der Waals surface area contributed by atoms with Crippen LogP contribution in [0, 0.1) is 5.82 Å². The van der Waals surface area contributed by atoms with Gasteiger partial charge in [0.05, 0.1) is 10.8 Å². The second kappa shape index (κ2) is 5.54. The zero-order valence-electron chi connectivity index (χ0n) is 10.5. The third-order valence-electron chi connectivity index (χ3n) is 2.87. The molecule has 0 radical (unpaired) electrons. The molecule has 3 rings (SSSR count). The minimum Gasteiger partial charge on any atom is -0.422 e. The molecule has 3 nitrogen and oxygen atoms in total. The Balaban J connectivity index is 2.17. The van der Waals surface area contributed by atoms with E-state index in [0.717, 1.165) is 10.5 Å². The van der Waals surface area contributed by atoms with E-state index < -0.39 is 22.2 Å². The summed E-state index contributed by atoms with van der Waals surface area (Å²) in [5.41, 5.74) is -0.282. The number of rotatable bonds is 2. The largest absolute Gasteiger partial charge is 0.422 e. The molecule has 0 saturated carbocycles. The average molecular weight is 367 g/mol. The van der Waals surface area contributed by atoms with Gasteiger partial charge in [-0.25, -0.2) is 13.4 Å². The van der Waals surface area contributed by atoms with Gasteiger partial charge in [-0.2, -0.15) is 0 Å². The molecule has 0 saturated heterocycles. The third kappa shape index (κ3) is 2.82. The summed E-state index contributed by atoms with van der Waals surface area (Å²) in [6.45, 7) is 0. The van der Waals surface area contributed by atoms with Gasteiger partial charge < -0.3 is 4.42 Å². The van der Waals surface area contributed by atoms with E-state index in [9.17, 15) is 13.4 Å². The molecule has 106 valence electrons. The molecule has 3 aromatic rings. The van der Waals surface area contributed by atoms with Crippen LogP contribution in [0.15, 0.2) is 72.0 Å². The van der Waals surface area contributed by atoms with E-state index in [4.69, 9.17) is 4.42 Å². The van der Waals surface area contributed by atoms with Gasteiger partial charge >= 0.3 is 5.63 Å². The quantitative estimate of drug-likeness (QED) is 0.647. The monoisotopic (exact) mass is 366 g/mol. The molecule has 0 aliphatic heterocycles. The Labute approximate surface area is 130 Å². The number of fused-ring (bicyclic) bond motifs is 1. The maximum absolute atomic E-state index is 13.2. The van der Waals surface area contributed by atoms with Crippen LogP contribution in [0.25, 0.3) is 11.0 Å². The topological polar surface area (TPSA) is 47.3 Å². The maximum atomic E-state index is 13.2. The summed E-state index contributed by atoms with van der Waals surface area (Å²) in [4.78, 5) is 12.2. The summed E-state index contributed by atoms with van der Waals surface area (Å²) in [5, 5.41) is 0.642. The first kappa shape index (κ1) is 14.2. The van der Waals surface area contributed by atoms with Crippen LogP contribution in [0.3, 0.4) is 0 Å². The molecule has 1 aromatic heterocycles. The molecule has 1 unspecified atom stereocenters. The fourth-order valence-electron chi connectivity index (χ4n) is 1.91. The lowest BCUT2D eigenvalue weighted by Crippen LogP contribution is -2.09. The van der Waals surface area contributed by atoms with Crippen LogP contribution < -0.4 is 5.63 Å². The number of benzene rings is 2. The Hall–Kier alpha value is -1.79. The highest BCUT2D eigenvalue weighted by Crippen LogP contribution is 2.22. The van der Waals surface area contributed by atoms with Crippen molar-refractivity contribution in [2.24, 2.45) is 0 Å². The van der Waals surface area contributed by atoms with E-state index in [0.29, 0.717) is 11.0 Å². The Kier molecular flexibility index (Phi) is 3.73. The smallest absolute Gasteiger partial charge is 0.353 e. The van der Waals surface area contributed by atoms with Gasteiger partial charge in [-0.15, -0.1) is 0 Å². The van der Waals surface area contributed by atoms with E-state index in [-0.39, 0.29) is 9.79 Å². The predicted molar refractivity (Wildman–Crippen MR) is 81.3 cm³/mol. The van der Waals surface area contributed by atoms with Gasteiger partial charge in [0.1, 0.15) is 16.3 Å². The summed E-state index contributed by atoms with van der Waals surface area (Å²) in [6.07, 6.45) is 0. The van der Waals surface area contributed by atoms with Crippen LogP contribution in [0.4, 0.5) is 4.39 Å². The highest BCUT2D eigenvalue weighted by atomic mass is 79.9. The van der Waals surface area contributed by atoms with Crippen LogP contribution in [0.2, 0.25) is 0 Å². The number of hydrogen-bond donors (Lipinski definition) is 0. The molecular formula is C15H8BrFO3S. The second-order valence-corrected chi connectivity index (χ2v) is 6.67. The normalized spacial score (nSPS) is 12.5. The lowest BCUT2D eigenvalue weighted by Gasteiger charge is -2.03. The van der Waals surface area contributed by atoms with Crippen molar-refractivity contribution in [2.45, 2.75) is 9.79 Å². The lowest BCUT2D eigenvalue weighted by molar-refractivity contribution is 0.541. The van der Waals surface area contributed by atoms with Crippen LogP contribution in [0.1, 0.15) is 0 Å². The lowest BCUT2D eigenvalue weighted by atomic mass is 10.2. The SMILES string of the molecule is O=c1oc2ccc(Br)cc2cc1S(=O)c1cccc(F)c1. The third-order valence-corrected chi connectivity index (χ3v) is 4.73. The minimum absolute atomic E-state index is 0.00815. The minimum atomic E-state index is -1.79. The zero-order chi connectivity index (χ0) is 15.0. The molecular weight excluding hydrogens is 359 g/mol. The van der Waals surface area contributed by atoms with Crippen molar-refractivity contribution in [3.63, 3.8) is 0 Å². The van der Waals surface area contributed by atoms with Gasteiger partial charge in [-0.1, -0.05) is 22.0 Å². The molecule has 2 aromatic carbocycles. The van der Waals surface area contributed by atoms with Crippen molar-refractivity contribution in [3.8, 4) is 0 Å². The standard InChI is InChI=1S/C15H8BrFO3S/c16-10-4-5-13-9(6-10)7-14(15(18)20-13)21(19)12-3-1-2-11(17)8-12/h1-8H. The van der Waals surface area contributed by atoms with Crippen LogP contribution in [0.5, 0.6) is 0 Å². The highest BCUT2D eigenvalue weighted by molar-refractivity contribution is 9.10. The molecule has 1 atom stereocenters. The van der Waals surface area contributed by atoms with Gasteiger partial charge in [-0.3, -0.25) is 0 Å². The Morgan fingerprint density at radius 3 is 2.67 bits per heavy atom. The second-order valence-electron chi connectivity index (χ2n) is 4.31. The maximum Gasteiger partial charge on any atom is 0.353 e. The Bertz CT molecular complexity index is 920. The number of halogens is 2. The highest BCUT2D eigenvalue weighted by Gasteiger charge is 2.15. The van der Waals surface area contributed by atoms with Crippen molar-refractivity contribution in [1.82, 2.24) is 0 Å². The summed E-state index contributed by atoms with van der Waals surface area (Å²) in [5.74, 6) is -0.506. The van der Waals surface area contributed by atoms with Crippen molar-refractivity contribution >= 4 is 37.7 Å². The van der Waals surface area contributed by atoms with E-state index in [1.807, 2.05) is 0 Å². The fraction of sp³-hybridized carbons (Fsp3) is 0. The summed E-state index contributed by atoms with van der Waals surface area (Å²) in [7, 11) is -1.79. The number of hydrogen-bond acceptors (Lipinski definition) is 3. The fourth-order valence-corrected chi connectivity index (χ4v) is 3.40. The van der Waals surface area contributed by atoms with E-state index in [1.165, 1.54) is 24.3 Å². The van der Waals surface area contributed by atoms with Crippen molar-refractivity contribution in [3.05, 3.63) is 69.2 Å². The van der Waals surface area contributed by atoms with Crippen LogP contribution >= 0.6 is 15.9 Å². The van der Waals surface area contributed by atoms with Crippen molar-refractivity contribution in [1.29, 1.82) is 0 Å². The van der Waals surface area contributed by atoms with Gasteiger partial charge in [-0.05, 0) is 42.5 Å². The molecule has 0 fully saturated rings. The van der Waals surface area contributed by atoms with Gasteiger partial charge in [0, 0.05) is 14.8 Å². The molecule has 0 aliphatic carbocycles.